The molecular weight excluding hydrogens is 196 g/mol. The van der Waals surface area contributed by atoms with Gasteiger partial charge in [0.25, 0.3) is 0 Å². The molecule has 0 amide bonds. The van der Waals surface area contributed by atoms with Gasteiger partial charge < -0.3 is 4.74 Å². The third kappa shape index (κ3) is 3.00. The second kappa shape index (κ2) is 5.60. The van der Waals surface area contributed by atoms with Crippen LogP contribution < -0.4 is 0 Å². The molecule has 0 radical (unpaired) electrons. The van der Waals surface area contributed by atoms with Crippen molar-refractivity contribution in [1.82, 2.24) is 0 Å². The quantitative estimate of drug-likeness (QED) is 0.551. The Morgan fingerprint density at radius 1 is 1.71 bits per heavy atom. The van der Waals surface area contributed by atoms with Crippen molar-refractivity contribution in [2.75, 3.05) is 6.61 Å². The van der Waals surface area contributed by atoms with E-state index in [9.17, 15) is 4.79 Å². The van der Waals surface area contributed by atoms with Crippen LogP contribution in [0.15, 0.2) is 24.1 Å². The third-order valence-corrected chi connectivity index (χ3v) is 2.79. The van der Waals surface area contributed by atoms with E-state index in [1.54, 1.807) is 11.3 Å². The van der Waals surface area contributed by atoms with Crippen molar-refractivity contribution >= 4 is 17.3 Å². The van der Waals surface area contributed by atoms with Crippen LogP contribution in [0.5, 0.6) is 0 Å². The molecule has 0 saturated carbocycles. The number of hydrogen-bond donors (Lipinski definition) is 0. The standard InChI is InChI=1S/C11H14O2S/c1-3-5-10-9(6-7-14-10)8-11(12)13-4-2/h3,6-7H,1,4-5,8H2,2H3. The minimum atomic E-state index is -0.156. The molecule has 3 heteroatoms. The Balaban J connectivity index is 2.61. The average Bonchev–Trinajstić information content (AvgIpc) is 2.54. The normalized spacial score (nSPS) is 9.79. The second-order valence-electron chi connectivity index (χ2n) is 2.84. The molecule has 0 spiro atoms. The molecule has 0 atom stereocenters. The minimum absolute atomic E-state index is 0.156. The van der Waals surface area contributed by atoms with Crippen LogP contribution in [-0.4, -0.2) is 12.6 Å². The number of carbonyl (C=O) groups is 1. The Bertz CT molecular complexity index is 315. The lowest BCUT2D eigenvalue weighted by Gasteiger charge is -2.01. The molecule has 14 heavy (non-hydrogen) atoms. The zero-order valence-electron chi connectivity index (χ0n) is 8.29. The van der Waals surface area contributed by atoms with Crippen molar-refractivity contribution in [3.63, 3.8) is 0 Å². The zero-order valence-corrected chi connectivity index (χ0v) is 9.10. The smallest absolute Gasteiger partial charge is 0.310 e. The van der Waals surface area contributed by atoms with Crippen molar-refractivity contribution < 1.29 is 9.53 Å². The van der Waals surface area contributed by atoms with Crippen LogP contribution >= 0.6 is 11.3 Å². The molecular formula is C11H14O2S. The largest absolute Gasteiger partial charge is 0.466 e. The molecule has 0 N–H and O–H groups in total. The van der Waals surface area contributed by atoms with E-state index in [1.165, 1.54) is 4.88 Å². The van der Waals surface area contributed by atoms with Gasteiger partial charge in [0.05, 0.1) is 13.0 Å². The number of carbonyl (C=O) groups excluding carboxylic acids is 1. The first-order valence-electron chi connectivity index (χ1n) is 4.59. The summed E-state index contributed by atoms with van der Waals surface area (Å²) in [5.74, 6) is -0.156. The Hall–Kier alpha value is -1.09. The summed E-state index contributed by atoms with van der Waals surface area (Å²) in [4.78, 5) is 12.4. The fraction of sp³-hybridized carbons (Fsp3) is 0.364. The molecule has 0 fully saturated rings. The Morgan fingerprint density at radius 2 is 2.50 bits per heavy atom. The summed E-state index contributed by atoms with van der Waals surface area (Å²) in [6.45, 7) is 5.94. The highest BCUT2D eigenvalue weighted by Crippen LogP contribution is 2.18. The molecule has 1 aromatic heterocycles. The summed E-state index contributed by atoms with van der Waals surface area (Å²) >= 11 is 1.66. The molecule has 1 rings (SSSR count). The average molecular weight is 210 g/mol. The molecule has 76 valence electrons. The third-order valence-electron chi connectivity index (χ3n) is 1.81. The lowest BCUT2D eigenvalue weighted by molar-refractivity contribution is -0.142. The van der Waals surface area contributed by atoms with E-state index in [-0.39, 0.29) is 5.97 Å². The Labute approximate surface area is 88.2 Å². The summed E-state index contributed by atoms with van der Waals surface area (Å²) in [6, 6.07) is 1.97. The van der Waals surface area contributed by atoms with Gasteiger partial charge in [-0.05, 0) is 30.4 Å². The van der Waals surface area contributed by atoms with Crippen LogP contribution in [0.4, 0.5) is 0 Å². The summed E-state index contributed by atoms with van der Waals surface area (Å²) in [6.07, 6.45) is 3.05. The highest BCUT2D eigenvalue weighted by molar-refractivity contribution is 7.10. The van der Waals surface area contributed by atoms with E-state index in [0.29, 0.717) is 13.0 Å². The number of hydrogen-bond acceptors (Lipinski definition) is 3. The number of esters is 1. The molecule has 0 aliphatic rings. The first-order chi connectivity index (χ1) is 6.77. The van der Waals surface area contributed by atoms with E-state index in [2.05, 4.69) is 6.58 Å². The van der Waals surface area contributed by atoms with Crippen molar-refractivity contribution in [2.24, 2.45) is 0 Å². The molecule has 0 saturated heterocycles. The van der Waals surface area contributed by atoms with Gasteiger partial charge in [0, 0.05) is 4.88 Å². The predicted molar refractivity (Wildman–Crippen MR) is 58.6 cm³/mol. The maximum Gasteiger partial charge on any atom is 0.310 e. The van der Waals surface area contributed by atoms with E-state index >= 15 is 0 Å². The van der Waals surface area contributed by atoms with Crippen molar-refractivity contribution in [1.29, 1.82) is 0 Å². The summed E-state index contributed by atoms with van der Waals surface area (Å²) in [5, 5.41) is 1.99. The van der Waals surface area contributed by atoms with Crippen LogP contribution in [0.2, 0.25) is 0 Å². The Kier molecular flexibility index (Phi) is 4.40. The van der Waals surface area contributed by atoms with Crippen molar-refractivity contribution in [3.05, 3.63) is 34.5 Å². The highest BCUT2D eigenvalue weighted by Gasteiger charge is 2.08. The summed E-state index contributed by atoms with van der Waals surface area (Å²) in [5.41, 5.74) is 1.06. The first-order valence-corrected chi connectivity index (χ1v) is 5.47. The van der Waals surface area contributed by atoms with Gasteiger partial charge in [0.2, 0.25) is 0 Å². The molecule has 1 heterocycles. The van der Waals surface area contributed by atoms with E-state index in [4.69, 9.17) is 4.74 Å². The van der Waals surface area contributed by atoms with Crippen LogP contribution in [0.1, 0.15) is 17.4 Å². The number of rotatable bonds is 5. The maximum absolute atomic E-state index is 11.2. The van der Waals surface area contributed by atoms with Gasteiger partial charge in [0.1, 0.15) is 0 Å². The highest BCUT2D eigenvalue weighted by atomic mass is 32.1. The first kappa shape index (κ1) is 11.0. The van der Waals surface area contributed by atoms with Crippen LogP contribution in [0.25, 0.3) is 0 Å². The second-order valence-corrected chi connectivity index (χ2v) is 3.84. The van der Waals surface area contributed by atoms with Gasteiger partial charge in [-0.2, -0.15) is 0 Å². The maximum atomic E-state index is 11.2. The molecule has 0 unspecified atom stereocenters. The number of allylic oxidation sites excluding steroid dienone is 1. The zero-order chi connectivity index (χ0) is 10.4. The Morgan fingerprint density at radius 3 is 3.14 bits per heavy atom. The van der Waals surface area contributed by atoms with E-state index < -0.39 is 0 Å². The topological polar surface area (TPSA) is 26.3 Å². The van der Waals surface area contributed by atoms with Gasteiger partial charge in [-0.1, -0.05) is 6.08 Å². The predicted octanol–water partition coefficient (Wildman–Crippen LogP) is 2.58. The molecule has 0 bridgehead atoms. The number of thiophene rings is 1. The van der Waals surface area contributed by atoms with Crippen molar-refractivity contribution in [2.45, 2.75) is 19.8 Å². The minimum Gasteiger partial charge on any atom is -0.466 e. The van der Waals surface area contributed by atoms with Crippen LogP contribution in [0.3, 0.4) is 0 Å². The van der Waals surface area contributed by atoms with E-state index in [1.807, 2.05) is 24.4 Å². The summed E-state index contributed by atoms with van der Waals surface area (Å²) in [7, 11) is 0. The van der Waals surface area contributed by atoms with E-state index in [0.717, 1.165) is 12.0 Å². The molecule has 0 aliphatic heterocycles. The molecule has 1 aromatic rings. The monoisotopic (exact) mass is 210 g/mol. The lowest BCUT2D eigenvalue weighted by Crippen LogP contribution is -2.07. The number of ether oxygens (including phenoxy) is 1. The fourth-order valence-corrected chi connectivity index (χ4v) is 2.10. The van der Waals surface area contributed by atoms with Gasteiger partial charge in [-0.25, -0.2) is 0 Å². The van der Waals surface area contributed by atoms with Gasteiger partial charge in [-0.15, -0.1) is 17.9 Å². The molecule has 2 nitrogen and oxygen atoms in total. The SMILES string of the molecule is C=CCc1sccc1CC(=O)OCC. The lowest BCUT2D eigenvalue weighted by atomic mass is 10.1. The van der Waals surface area contributed by atoms with Gasteiger partial charge in [-0.3, -0.25) is 4.79 Å². The van der Waals surface area contributed by atoms with Gasteiger partial charge >= 0.3 is 5.97 Å². The van der Waals surface area contributed by atoms with Crippen LogP contribution in [0, 0.1) is 0 Å². The molecule has 0 aromatic carbocycles. The fourth-order valence-electron chi connectivity index (χ4n) is 1.20. The van der Waals surface area contributed by atoms with Gasteiger partial charge in [0.15, 0.2) is 0 Å². The van der Waals surface area contributed by atoms with Crippen LogP contribution in [-0.2, 0) is 22.4 Å². The summed E-state index contributed by atoms with van der Waals surface area (Å²) < 4.78 is 4.89. The molecule has 0 aliphatic carbocycles. The van der Waals surface area contributed by atoms with Crippen molar-refractivity contribution in [3.8, 4) is 0 Å².